The van der Waals surface area contributed by atoms with Crippen LogP contribution < -0.4 is 5.32 Å². The third-order valence-corrected chi connectivity index (χ3v) is 5.93. The van der Waals surface area contributed by atoms with E-state index in [1.807, 2.05) is 29.2 Å². The Morgan fingerprint density at radius 1 is 1.21 bits per heavy atom. The number of nitrogens with zero attached hydrogens (tertiary/aromatic N) is 4. The van der Waals surface area contributed by atoms with Crippen LogP contribution in [0.4, 0.5) is 0 Å². The van der Waals surface area contributed by atoms with Crippen molar-refractivity contribution in [2.45, 2.75) is 32.7 Å². The van der Waals surface area contributed by atoms with E-state index in [0.717, 1.165) is 57.7 Å². The maximum atomic E-state index is 12.7. The van der Waals surface area contributed by atoms with Gasteiger partial charge in [-0.25, -0.2) is 0 Å². The van der Waals surface area contributed by atoms with Gasteiger partial charge >= 0.3 is 0 Å². The Morgan fingerprint density at radius 3 is 2.64 bits per heavy atom. The van der Waals surface area contributed by atoms with E-state index >= 15 is 0 Å². The van der Waals surface area contributed by atoms with Crippen LogP contribution in [0.1, 0.15) is 37.3 Å². The molecule has 2 unspecified atom stereocenters. The highest BCUT2D eigenvalue weighted by atomic mass is 16.5. The third kappa shape index (κ3) is 4.10. The first-order valence-electron chi connectivity index (χ1n) is 10.3. The maximum Gasteiger partial charge on any atom is 0.244 e. The number of carbonyl (C=O) groups is 1. The second-order valence-electron chi connectivity index (χ2n) is 7.90. The summed E-state index contributed by atoms with van der Waals surface area (Å²) in [6.07, 6.45) is 2.10. The van der Waals surface area contributed by atoms with Gasteiger partial charge in [-0.1, -0.05) is 35.0 Å². The van der Waals surface area contributed by atoms with Crippen molar-refractivity contribution in [3.05, 3.63) is 35.7 Å². The summed E-state index contributed by atoms with van der Waals surface area (Å²) in [5, 5.41) is 7.49. The van der Waals surface area contributed by atoms with E-state index in [4.69, 9.17) is 4.52 Å². The molecule has 7 heteroatoms. The van der Waals surface area contributed by atoms with Crippen LogP contribution in [0.15, 0.2) is 28.8 Å². The monoisotopic (exact) mass is 383 g/mol. The number of benzene rings is 1. The van der Waals surface area contributed by atoms with Gasteiger partial charge in [0.25, 0.3) is 0 Å². The van der Waals surface area contributed by atoms with Gasteiger partial charge in [-0.3, -0.25) is 9.69 Å². The molecule has 0 radical (unpaired) electrons. The van der Waals surface area contributed by atoms with Crippen molar-refractivity contribution < 1.29 is 9.32 Å². The molecule has 1 aromatic carbocycles. The molecular formula is C21H29N5O2. The Balaban J connectivity index is 1.34. The molecule has 2 saturated heterocycles. The molecule has 2 aliphatic heterocycles. The highest BCUT2D eigenvalue weighted by molar-refractivity contribution is 5.79. The van der Waals surface area contributed by atoms with Gasteiger partial charge in [0.2, 0.25) is 17.6 Å². The molecule has 2 aromatic rings. The first kappa shape index (κ1) is 19.1. The molecule has 3 heterocycles. The zero-order valence-corrected chi connectivity index (χ0v) is 16.7. The van der Waals surface area contributed by atoms with Gasteiger partial charge in [0, 0.05) is 38.3 Å². The average Bonchev–Trinajstić information content (AvgIpc) is 3.24. The number of aromatic nitrogens is 2. The summed E-state index contributed by atoms with van der Waals surface area (Å²) in [7, 11) is 0. The molecule has 1 N–H and O–H groups in total. The summed E-state index contributed by atoms with van der Waals surface area (Å²) >= 11 is 0. The Labute approximate surface area is 166 Å². The predicted molar refractivity (Wildman–Crippen MR) is 107 cm³/mol. The number of piperidine rings is 1. The maximum absolute atomic E-state index is 12.7. The van der Waals surface area contributed by atoms with Crippen molar-refractivity contribution in [3.8, 4) is 11.4 Å². The van der Waals surface area contributed by atoms with Crippen LogP contribution in [-0.2, 0) is 4.79 Å². The number of hydrogen-bond acceptors (Lipinski definition) is 6. The number of piperazine rings is 1. The summed E-state index contributed by atoms with van der Waals surface area (Å²) in [5.74, 6) is 1.71. The van der Waals surface area contributed by atoms with E-state index in [1.165, 1.54) is 5.56 Å². The fraction of sp³-hybridized carbons (Fsp3) is 0.571. The Bertz CT molecular complexity index is 789. The van der Waals surface area contributed by atoms with E-state index in [-0.39, 0.29) is 12.0 Å². The van der Waals surface area contributed by atoms with Gasteiger partial charge in [0.05, 0.1) is 12.0 Å². The normalized spacial score (nSPS) is 22.2. The fourth-order valence-electron chi connectivity index (χ4n) is 4.03. The van der Waals surface area contributed by atoms with Gasteiger partial charge < -0.3 is 14.7 Å². The lowest BCUT2D eigenvalue weighted by Crippen LogP contribution is -2.52. The third-order valence-electron chi connectivity index (χ3n) is 5.93. The van der Waals surface area contributed by atoms with Crippen molar-refractivity contribution in [2.24, 2.45) is 5.92 Å². The van der Waals surface area contributed by atoms with Crippen molar-refractivity contribution in [3.63, 3.8) is 0 Å². The molecule has 0 spiro atoms. The topological polar surface area (TPSA) is 74.5 Å². The number of hydrogen-bond donors (Lipinski definition) is 1. The van der Waals surface area contributed by atoms with Gasteiger partial charge in [0.1, 0.15) is 0 Å². The van der Waals surface area contributed by atoms with E-state index in [0.29, 0.717) is 17.6 Å². The zero-order valence-electron chi connectivity index (χ0n) is 16.7. The SMILES string of the molecule is Cc1ccc(-c2noc(C(C)N3CCN(C(=O)C4CCCNC4)CC3)n2)cc1. The molecule has 4 rings (SSSR count). The van der Waals surface area contributed by atoms with Crippen LogP contribution in [0.5, 0.6) is 0 Å². The number of aryl methyl sites for hydroxylation is 1. The van der Waals surface area contributed by atoms with Crippen molar-refractivity contribution in [2.75, 3.05) is 39.3 Å². The molecule has 0 bridgehead atoms. The molecule has 7 nitrogen and oxygen atoms in total. The van der Waals surface area contributed by atoms with Crippen LogP contribution >= 0.6 is 0 Å². The summed E-state index contributed by atoms with van der Waals surface area (Å²) in [6, 6.07) is 8.16. The highest BCUT2D eigenvalue weighted by Crippen LogP contribution is 2.24. The lowest BCUT2D eigenvalue weighted by Gasteiger charge is -2.38. The Morgan fingerprint density at radius 2 is 1.96 bits per heavy atom. The average molecular weight is 383 g/mol. The summed E-state index contributed by atoms with van der Waals surface area (Å²) in [6.45, 7) is 9.18. The quantitative estimate of drug-likeness (QED) is 0.873. The standard InChI is InChI=1S/C21H29N5O2/c1-15-5-7-17(8-6-15)19-23-20(28-24-19)16(2)25-10-12-26(13-11-25)21(27)18-4-3-9-22-14-18/h5-8,16,18,22H,3-4,9-14H2,1-2H3. The molecule has 0 saturated carbocycles. The van der Waals surface area contributed by atoms with Crippen molar-refractivity contribution in [1.82, 2.24) is 25.3 Å². The largest absolute Gasteiger partial charge is 0.340 e. The molecule has 1 aromatic heterocycles. The van der Waals surface area contributed by atoms with Crippen LogP contribution in [0.2, 0.25) is 0 Å². The minimum Gasteiger partial charge on any atom is -0.340 e. The van der Waals surface area contributed by atoms with Crippen molar-refractivity contribution >= 4 is 5.91 Å². The van der Waals surface area contributed by atoms with Gasteiger partial charge in [-0.05, 0) is 33.2 Å². The molecule has 2 atom stereocenters. The molecule has 1 amide bonds. The van der Waals surface area contributed by atoms with E-state index in [9.17, 15) is 4.79 Å². The molecule has 150 valence electrons. The zero-order chi connectivity index (χ0) is 19.5. The smallest absolute Gasteiger partial charge is 0.244 e. The van der Waals surface area contributed by atoms with Gasteiger partial charge in [-0.15, -0.1) is 0 Å². The fourth-order valence-corrected chi connectivity index (χ4v) is 4.03. The summed E-state index contributed by atoms with van der Waals surface area (Å²) < 4.78 is 5.54. The molecule has 0 aliphatic carbocycles. The van der Waals surface area contributed by atoms with E-state index in [2.05, 4.69) is 34.2 Å². The summed E-state index contributed by atoms with van der Waals surface area (Å²) in [4.78, 5) is 21.7. The minimum atomic E-state index is 0.0419. The van der Waals surface area contributed by atoms with Gasteiger partial charge in [0.15, 0.2) is 0 Å². The van der Waals surface area contributed by atoms with Gasteiger partial charge in [-0.2, -0.15) is 4.98 Å². The Kier molecular flexibility index (Phi) is 5.73. The van der Waals surface area contributed by atoms with E-state index < -0.39 is 0 Å². The predicted octanol–water partition coefficient (Wildman–Crippen LogP) is 2.25. The lowest BCUT2D eigenvalue weighted by molar-refractivity contribution is -0.138. The first-order valence-corrected chi connectivity index (χ1v) is 10.3. The number of nitrogens with one attached hydrogen (secondary N) is 1. The second-order valence-corrected chi connectivity index (χ2v) is 7.90. The lowest BCUT2D eigenvalue weighted by atomic mass is 9.98. The molecule has 2 aliphatic rings. The second kappa shape index (κ2) is 8.41. The number of amides is 1. The molecule has 28 heavy (non-hydrogen) atoms. The highest BCUT2D eigenvalue weighted by Gasteiger charge is 2.31. The first-order chi connectivity index (χ1) is 13.6. The van der Waals surface area contributed by atoms with E-state index in [1.54, 1.807) is 0 Å². The van der Waals surface area contributed by atoms with Crippen LogP contribution in [0, 0.1) is 12.8 Å². The Hall–Kier alpha value is -2.25. The number of rotatable bonds is 4. The summed E-state index contributed by atoms with van der Waals surface area (Å²) in [5.41, 5.74) is 2.17. The number of carbonyl (C=O) groups excluding carboxylic acids is 1. The minimum absolute atomic E-state index is 0.0419. The molecular weight excluding hydrogens is 354 g/mol. The molecule has 2 fully saturated rings. The van der Waals surface area contributed by atoms with Crippen molar-refractivity contribution in [1.29, 1.82) is 0 Å². The van der Waals surface area contributed by atoms with Crippen LogP contribution in [0.3, 0.4) is 0 Å². The van der Waals surface area contributed by atoms with Crippen LogP contribution in [0.25, 0.3) is 11.4 Å². The van der Waals surface area contributed by atoms with Crippen LogP contribution in [-0.4, -0.2) is 65.1 Å².